The van der Waals surface area contributed by atoms with Gasteiger partial charge in [0.25, 0.3) is 0 Å². The summed E-state index contributed by atoms with van der Waals surface area (Å²) in [4.78, 5) is 10.7. The van der Waals surface area contributed by atoms with Crippen LogP contribution < -0.4 is 10.6 Å². The second kappa shape index (κ2) is 4.97. The fraction of sp³-hybridized carbons (Fsp3) is 0.636. The van der Waals surface area contributed by atoms with Gasteiger partial charge in [-0.15, -0.1) is 0 Å². The molecule has 0 aromatic carbocycles. The Labute approximate surface area is 101 Å². The largest absolute Gasteiger partial charge is 0.338 e. The van der Waals surface area contributed by atoms with Crippen molar-refractivity contribution in [1.82, 2.24) is 9.97 Å². The van der Waals surface area contributed by atoms with Crippen LogP contribution in [0.3, 0.4) is 0 Å². The van der Waals surface area contributed by atoms with E-state index in [0.717, 1.165) is 25.5 Å². The average Bonchev–Trinajstić information content (AvgIpc) is 2.31. The van der Waals surface area contributed by atoms with Crippen molar-refractivity contribution in [3.63, 3.8) is 0 Å². The topological polar surface area (TPSA) is 55.0 Å². The van der Waals surface area contributed by atoms with Crippen LogP contribution in [0.5, 0.6) is 0 Å². The molecule has 0 saturated carbocycles. The van der Waals surface area contributed by atoms with Crippen LogP contribution in [0.15, 0.2) is 12.4 Å². The summed E-state index contributed by atoms with van der Waals surface area (Å²) < 4.78 is 0. The summed E-state index contributed by atoms with van der Waals surface area (Å²) in [7, 11) is 0. The summed E-state index contributed by atoms with van der Waals surface area (Å²) in [5.74, 6) is 1.31. The van der Waals surface area contributed by atoms with Gasteiger partial charge >= 0.3 is 0 Å². The smallest absolute Gasteiger partial charge is 0.225 e. The van der Waals surface area contributed by atoms with E-state index in [1.54, 1.807) is 12.4 Å². The van der Waals surface area contributed by atoms with E-state index in [1.807, 2.05) is 0 Å². The summed E-state index contributed by atoms with van der Waals surface area (Å²) >= 11 is 5.78. The molecule has 0 amide bonds. The zero-order chi connectivity index (χ0) is 11.5. The number of halogens is 1. The molecular weight excluding hydrogens is 224 g/mol. The predicted molar refractivity (Wildman–Crippen MR) is 65.6 cm³/mol. The van der Waals surface area contributed by atoms with E-state index in [2.05, 4.69) is 21.8 Å². The lowest BCUT2D eigenvalue weighted by atomic mass is 9.94. The van der Waals surface area contributed by atoms with Crippen molar-refractivity contribution in [2.75, 3.05) is 18.0 Å². The minimum Gasteiger partial charge on any atom is -0.338 e. The number of hydrogen-bond donors (Lipinski definition) is 1. The van der Waals surface area contributed by atoms with Crippen LogP contribution in [0, 0.1) is 5.92 Å². The molecule has 1 aliphatic heterocycles. The molecule has 5 heteroatoms. The van der Waals surface area contributed by atoms with E-state index in [0.29, 0.717) is 17.0 Å². The number of nitrogens with zero attached hydrogens (tertiary/aromatic N) is 3. The Balaban J connectivity index is 2.14. The first kappa shape index (κ1) is 11.6. The second-order valence-electron chi connectivity index (χ2n) is 4.38. The minimum atomic E-state index is 0.476. The second-order valence-corrected chi connectivity index (χ2v) is 4.82. The average molecular weight is 241 g/mol. The van der Waals surface area contributed by atoms with Gasteiger partial charge in [0.15, 0.2) is 0 Å². The number of rotatable bonds is 2. The summed E-state index contributed by atoms with van der Waals surface area (Å²) in [6.07, 6.45) is 5.63. The number of hydrogen-bond acceptors (Lipinski definition) is 4. The van der Waals surface area contributed by atoms with Gasteiger partial charge in [-0.3, -0.25) is 0 Å². The highest BCUT2D eigenvalue weighted by molar-refractivity contribution is 6.30. The summed E-state index contributed by atoms with van der Waals surface area (Å²) in [6, 6.07) is 0.476. The first-order valence-corrected chi connectivity index (χ1v) is 6.02. The van der Waals surface area contributed by atoms with Crippen molar-refractivity contribution < 1.29 is 0 Å². The number of anilines is 1. The molecule has 2 atom stereocenters. The van der Waals surface area contributed by atoms with E-state index in [-0.39, 0.29) is 0 Å². The Hall–Kier alpha value is -0.870. The zero-order valence-corrected chi connectivity index (χ0v) is 10.2. The van der Waals surface area contributed by atoms with E-state index < -0.39 is 0 Å². The van der Waals surface area contributed by atoms with Crippen LogP contribution in [0.4, 0.5) is 5.95 Å². The summed E-state index contributed by atoms with van der Waals surface area (Å²) in [6.45, 7) is 3.88. The van der Waals surface area contributed by atoms with Gasteiger partial charge < -0.3 is 10.6 Å². The van der Waals surface area contributed by atoms with Gasteiger partial charge in [0, 0.05) is 12.6 Å². The van der Waals surface area contributed by atoms with Crippen LogP contribution in [0.1, 0.15) is 19.8 Å². The molecule has 4 nitrogen and oxygen atoms in total. The fourth-order valence-electron chi connectivity index (χ4n) is 2.11. The Morgan fingerprint density at radius 3 is 2.75 bits per heavy atom. The molecule has 2 rings (SSSR count). The molecule has 2 unspecified atom stereocenters. The van der Waals surface area contributed by atoms with Crippen LogP contribution in [-0.4, -0.2) is 29.1 Å². The van der Waals surface area contributed by atoms with Crippen molar-refractivity contribution >= 4 is 17.5 Å². The van der Waals surface area contributed by atoms with E-state index in [9.17, 15) is 0 Å². The maximum absolute atomic E-state index is 5.78. The molecule has 0 bridgehead atoms. The molecule has 0 radical (unpaired) electrons. The molecule has 2 N–H and O–H groups in total. The van der Waals surface area contributed by atoms with Crippen molar-refractivity contribution in [3.05, 3.63) is 17.4 Å². The molecule has 16 heavy (non-hydrogen) atoms. The van der Waals surface area contributed by atoms with E-state index in [4.69, 9.17) is 17.3 Å². The molecule has 1 aromatic rings. The third-order valence-corrected chi connectivity index (χ3v) is 3.37. The van der Waals surface area contributed by atoms with Gasteiger partial charge in [0.1, 0.15) is 0 Å². The third kappa shape index (κ3) is 2.44. The lowest BCUT2D eigenvalue weighted by Crippen LogP contribution is -2.44. The zero-order valence-electron chi connectivity index (χ0n) is 9.43. The first-order chi connectivity index (χ1) is 7.70. The first-order valence-electron chi connectivity index (χ1n) is 5.65. The number of nitrogens with two attached hydrogens (primary N) is 1. The quantitative estimate of drug-likeness (QED) is 0.855. The summed E-state index contributed by atoms with van der Waals surface area (Å²) in [5, 5.41) is 0.573. The predicted octanol–water partition coefficient (Wildman–Crippen LogP) is 1.69. The van der Waals surface area contributed by atoms with Crippen LogP contribution in [-0.2, 0) is 0 Å². The minimum absolute atomic E-state index is 0.476. The van der Waals surface area contributed by atoms with Gasteiger partial charge in [-0.05, 0) is 32.2 Å². The standard InChI is InChI=1S/C11H17ClN4/c1-8-2-3-9(4-13)7-16(8)11-14-5-10(12)6-15-11/h5-6,8-9H,2-4,7,13H2,1H3. The maximum atomic E-state index is 5.78. The Kier molecular flexibility index (Phi) is 3.61. The van der Waals surface area contributed by atoms with E-state index in [1.165, 1.54) is 6.42 Å². The highest BCUT2D eigenvalue weighted by Gasteiger charge is 2.26. The van der Waals surface area contributed by atoms with Crippen molar-refractivity contribution in [3.8, 4) is 0 Å². The third-order valence-electron chi connectivity index (χ3n) is 3.18. The molecule has 0 aliphatic carbocycles. The monoisotopic (exact) mass is 240 g/mol. The van der Waals surface area contributed by atoms with Gasteiger partial charge in [-0.2, -0.15) is 0 Å². The molecule has 0 spiro atoms. The van der Waals surface area contributed by atoms with Crippen LogP contribution in [0.2, 0.25) is 5.02 Å². The Morgan fingerprint density at radius 2 is 2.12 bits per heavy atom. The number of piperidine rings is 1. The lowest BCUT2D eigenvalue weighted by molar-refractivity contribution is 0.369. The van der Waals surface area contributed by atoms with Crippen LogP contribution in [0.25, 0.3) is 0 Å². The van der Waals surface area contributed by atoms with Gasteiger partial charge in [0.2, 0.25) is 5.95 Å². The molecular formula is C11H17ClN4. The SMILES string of the molecule is CC1CCC(CN)CN1c1ncc(Cl)cn1. The fourth-order valence-corrected chi connectivity index (χ4v) is 2.20. The van der Waals surface area contributed by atoms with Crippen LogP contribution >= 0.6 is 11.6 Å². The van der Waals surface area contributed by atoms with E-state index >= 15 is 0 Å². The van der Waals surface area contributed by atoms with Crippen molar-refractivity contribution in [2.24, 2.45) is 11.7 Å². The van der Waals surface area contributed by atoms with Crippen molar-refractivity contribution in [2.45, 2.75) is 25.8 Å². The highest BCUT2D eigenvalue weighted by Crippen LogP contribution is 2.24. The highest BCUT2D eigenvalue weighted by atomic mass is 35.5. The summed E-state index contributed by atoms with van der Waals surface area (Å²) in [5.41, 5.74) is 5.72. The molecule has 1 aliphatic rings. The van der Waals surface area contributed by atoms with Gasteiger partial charge in [-0.25, -0.2) is 9.97 Å². The normalized spacial score (nSPS) is 25.8. The maximum Gasteiger partial charge on any atom is 0.225 e. The molecule has 88 valence electrons. The van der Waals surface area contributed by atoms with Crippen molar-refractivity contribution in [1.29, 1.82) is 0 Å². The molecule has 1 fully saturated rings. The van der Waals surface area contributed by atoms with Gasteiger partial charge in [0.05, 0.1) is 17.4 Å². The molecule has 1 saturated heterocycles. The molecule has 1 aromatic heterocycles. The lowest BCUT2D eigenvalue weighted by Gasteiger charge is -2.37. The van der Waals surface area contributed by atoms with Gasteiger partial charge in [-0.1, -0.05) is 11.6 Å². The Bertz CT molecular complexity index is 340. The molecule has 2 heterocycles. The Morgan fingerprint density at radius 1 is 1.44 bits per heavy atom. The number of aromatic nitrogens is 2.